The van der Waals surface area contributed by atoms with Crippen LogP contribution in [0.4, 0.5) is 5.82 Å². The van der Waals surface area contributed by atoms with Crippen molar-refractivity contribution in [1.82, 2.24) is 9.97 Å². The lowest BCUT2D eigenvalue weighted by molar-refractivity contribution is 0.405. The molecule has 4 heteroatoms. The highest BCUT2D eigenvalue weighted by Crippen LogP contribution is 2.25. The first-order valence-corrected chi connectivity index (χ1v) is 5.89. The second-order valence-electron chi connectivity index (χ2n) is 5.22. The molecule has 0 aromatic carbocycles. The molecule has 1 aliphatic rings. The quantitative estimate of drug-likeness (QED) is 0.804. The molecule has 2 rings (SSSR count). The third-order valence-corrected chi connectivity index (χ3v) is 3.16. The number of nitrogens with one attached hydrogen (secondary N) is 1. The Bertz CT molecular complexity index is 373. The normalized spacial score (nSPS) is 14.9. The Labute approximate surface area is 96.7 Å². The van der Waals surface area contributed by atoms with Gasteiger partial charge in [0.1, 0.15) is 12.1 Å². The van der Waals surface area contributed by atoms with E-state index in [0.29, 0.717) is 6.54 Å². The minimum absolute atomic E-state index is 0.108. The summed E-state index contributed by atoms with van der Waals surface area (Å²) in [7, 11) is 0. The smallest absolute Gasteiger partial charge is 0.132 e. The molecule has 0 radical (unpaired) electrons. The van der Waals surface area contributed by atoms with Gasteiger partial charge in [-0.25, -0.2) is 9.97 Å². The van der Waals surface area contributed by atoms with Crippen molar-refractivity contribution in [3.8, 4) is 0 Å². The van der Waals surface area contributed by atoms with Crippen LogP contribution in [-0.2, 0) is 12.8 Å². The second kappa shape index (κ2) is 4.37. The molecule has 4 nitrogen and oxygen atoms in total. The van der Waals surface area contributed by atoms with Crippen molar-refractivity contribution in [3.05, 3.63) is 17.6 Å². The van der Waals surface area contributed by atoms with E-state index in [1.54, 1.807) is 6.33 Å². The van der Waals surface area contributed by atoms with E-state index >= 15 is 0 Å². The number of nitrogens with zero attached hydrogens (tertiary/aromatic N) is 2. The Balaban J connectivity index is 2.08. The van der Waals surface area contributed by atoms with Gasteiger partial charge in [-0.2, -0.15) is 0 Å². The van der Waals surface area contributed by atoms with E-state index in [1.807, 2.05) is 0 Å². The van der Waals surface area contributed by atoms with E-state index < -0.39 is 0 Å². The van der Waals surface area contributed by atoms with Crippen LogP contribution in [0.1, 0.15) is 31.5 Å². The highest BCUT2D eigenvalue weighted by Gasteiger charge is 2.19. The molecular formula is C12H20N4. The lowest BCUT2D eigenvalue weighted by Crippen LogP contribution is -2.31. The Morgan fingerprint density at radius 3 is 2.94 bits per heavy atom. The summed E-state index contributed by atoms with van der Waals surface area (Å²) >= 11 is 0. The van der Waals surface area contributed by atoms with E-state index in [4.69, 9.17) is 5.73 Å². The number of hydrogen-bond acceptors (Lipinski definition) is 4. The van der Waals surface area contributed by atoms with E-state index in [2.05, 4.69) is 29.1 Å². The van der Waals surface area contributed by atoms with Crippen molar-refractivity contribution >= 4 is 5.82 Å². The van der Waals surface area contributed by atoms with Crippen LogP contribution in [0.5, 0.6) is 0 Å². The minimum atomic E-state index is 0.108. The fourth-order valence-corrected chi connectivity index (χ4v) is 1.91. The third kappa shape index (κ3) is 2.32. The Morgan fingerprint density at radius 2 is 2.19 bits per heavy atom. The van der Waals surface area contributed by atoms with Crippen LogP contribution >= 0.6 is 0 Å². The van der Waals surface area contributed by atoms with Crippen molar-refractivity contribution < 1.29 is 0 Å². The SMILES string of the molecule is CC(C)(CN)CNc1ncnc2c1CCC2. The van der Waals surface area contributed by atoms with Crippen LogP contribution in [0.2, 0.25) is 0 Å². The number of rotatable bonds is 4. The van der Waals surface area contributed by atoms with Crippen LogP contribution in [0.15, 0.2) is 6.33 Å². The topological polar surface area (TPSA) is 63.8 Å². The predicted octanol–water partition coefficient (Wildman–Crippen LogP) is 1.36. The maximum absolute atomic E-state index is 5.71. The number of nitrogens with two attached hydrogens (primary N) is 1. The van der Waals surface area contributed by atoms with Gasteiger partial charge in [0, 0.05) is 17.8 Å². The molecule has 1 aromatic heterocycles. The summed E-state index contributed by atoms with van der Waals surface area (Å²) in [6.45, 7) is 5.84. The van der Waals surface area contributed by atoms with Gasteiger partial charge in [0.25, 0.3) is 0 Å². The average Bonchev–Trinajstić information content (AvgIpc) is 2.75. The Hall–Kier alpha value is -1.16. The highest BCUT2D eigenvalue weighted by molar-refractivity contribution is 5.48. The van der Waals surface area contributed by atoms with Crippen molar-refractivity contribution in [2.45, 2.75) is 33.1 Å². The minimum Gasteiger partial charge on any atom is -0.369 e. The zero-order chi connectivity index (χ0) is 11.6. The number of fused-ring (bicyclic) bond motifs is 1. The maximum Gasteiger partial charge on any atom is 0.132 e. The molecule has 0 aliphatic heterocycles. The summed E-state index contributed by atoms with van der Waals surface area (Å²) in [5.74, 6) is 1.00. The van der Waals surface area contributed by atoms with Gasteiger partial charge >= 0.3 is 0 Å². The molecule has 0 atom stereocenters. The van der Waals surface area contributed by atoms with Gasteiger partial charge < -0.3 is 11.1 Å². The molecule has 0 spiro atoms. The summed E-state index contributed by atoms with van der Waals surface area (Å²) in [6, 6.07) is 0. The van der Waals surface area contributed by atoms with Crippen molar-refractivity contribution in [3.63, 3.8) is 0 Å². The Morgan fingerprint density at radius 1 is 1.38 bits per heavy atom. The molecule has 0 bridgehead atoms. The molecule has 1 aliphatic carbocycles. The fourth-order valence-electron chi connectivity index (χ4n) is 1.91. The first kappa shape index (κ1) is 11.3. The number of aromatic nitrogens is 2. The largest absolute Gasteiger partial charge is 0.369 e. The molecular weight excluding hydrogens is 200 g/mol. The van der Waals surface area contributed by atoms with E-state index in [-0.39, 0.29) is 5.41 Å². The number of aryl methyl sites for hydroxylation is 1. The third-order valence-electron chi connectivity index (χ3n) is 3.16. The van der Waals surface area contributed by atoms with Gasteiger partial charge in [0.05, 0.1) is 0 Å². The number of anilines is 1. The summed E-state index contributed by atoms with van der Waals surface area (Å²) in [5.41, 5.74) is 8.33. The molecule has 1 aromatic rings. The van der Waals surface area contributed by atoms with Crippen LogP contribution in [0, 0.1) is 5.41 Å². The summed E-state index contributed by atoms with van der Waals surface area (Å²) < 4.78 is 0. The van der Waals surface area contributed by atoms with Crippen LogP contribution in [0.25, 0.3) is 0 Å². The second-order valence-corrected chi connectivity index (χ2v) is 5.22. The van der Waals surface area contributed by atoms with Gasteiger partial charge in [-0.1, -0.05) is 13.8 Å². The van der Waals surface area contributed by atoms with E-state index in [0.717, 1.165) is 25.2 Å². The first-order valence-electron chi connectivity index (χ1n) is 5.89. The molecule has 0 saturated carbocycles. The van der Waals surface area contributed by atoms with Crippen molar-refractivity contribution in [1.29, 1.82) is 0 Å². The van der Waals surface area contributed by atoms with Crippen molar-refractivity contribution in [2.75, 3.05) is 18.4 Å². The lowest BCUT2D eigenvalue weighted by atomic mass is 9.94. The van der Waals surface area contributed by atoms with E-state index in [1.165, 1.54) is 17.7 Å². The summed E-state index contributed by atoms with van der Waals surface area (Å²) in [6.07, 6.45) is 5.04. The van der Waals surface area contributed by atoms with Gasteiger partial charge in [0.2, 0.25) is 0 Å². The summed E-state index contributed by atoms with van der Waals surface area (Å²) in [5, 5.41) is 3.41. The standard InChI is InChI=1S/C12H20N4/c1-12(2,6-13)7-14-11-9-4-3-5-10(9)15-8-16-11/h8H,3-7,13H2,1-2H3,(H,14,15,16). The molecule has 0 amide bonds. The average molecular weight is 220 g/mol. The zero-order valence-electron chi connectivity index (χ0n) is 10.1. The van der Waals surface area contributed by atoms with Crippen molar-refractivity contribution in [2.24, 2.45) is 11.1 Å². The molecule has 88 valence electrons. The fraction of sp³-hybridized carbons (Fsp3) is 0.667. The summed E-state index contributed by atoms with van der Waals surface area (Å²) in [4.78, 5) is 8.63. The number of hydrogen-bond donors (Lipinski definition) is 2. The first-order chi connectivity index (χ1) is 7.62. The highest BCUT2D eigenvalue weighted by atomic mass is 15.0. The molecule has 3 N–H and O–H groups in total. The molecule has 0 unspecified atom stereocenters. The van der Waals surface area contributed by atoms with Crippen LogP contribution in [-0.4, -0.2) is 23.1 Å². The van der Waals surface area contributed by atoms with Crippen LogP contribution < -0.4 is 11.1 Å². The van der Waals surface area contributed by atoms with Gasteiger partial charge in [-0.3, -0.25) is 0 Å². The molecule has 16 heavy (non-hydrogen) atoms. The molecule has 0 saturated heterocycles. The molecule has 0 fully saturated rings. The molecule has 1 heterocycles. The van der Waals surface area contributed by atoms with Gasteiger partial charge in [0.15, 0.2) is 0 Å². The van der Waals surface area contributed by atoms with Gasteiger partial charge in [-0.05, 0) is 31.2 Å². The lowest BCUT2D eigenvalue weighted by Gasteiger charge is -2.23. The zero-order valence-corrected chi connectivity index (χ0v) is 10.1. The van der Waals surface area contributed by atoms with Gasteiger partial charge in [-0.15, -0.1) is 0 Å². The Kier molecular flexibility index (Phi) is 3.10. The predicted molar refractivity (Wildman–Crippen MR) is 65.4 cm³/mol. The maximum atomic E-state index is 5.71. The van der Waals surface area contributed by atoms with E-state index in [9.17, 15) is 0 Å². The monoisotopic (exact) mass is 220 g/mol. The van der Waals surface area contributed by atoms with Crippen LogP contribution in [0.3, 0.4) is 0 Å².